The van der Waals surface area contributed by atoms with Gasteiger partial charge in [0.05, 0.1) is 0 Å². The van der Waals surface area contributed by atoms with E-state index in [4.69, 9.17) is 14.3 Å². The Hall–Kier alpha value is 0.314. The van der Waals surface area contributed by atoms with E-state index in [1.54, 1.807) is 0 Å². The SMILES string of the molecule is C[Si]1(CCCN)CCCCO[Si]O1. The van der Waals surface area contributed by atoms with E-state index in [1.165, 1.54) is 24.9 Å². The second-order valence-electron chi connectivity index (χ2n) is 3.83. The van der Waals surface area contributed by atoms with Crippen LogP contribution < -0.4 is 5.73 Å². The Morgan fingerprint density at radius 1 is 1.46 bits per heavy atom. The maximum absolute atomic E-state index is 5.86. The maximum atomic E-state index is 5.86. The van der Waals surface area contributed by atoms with Crippen molar-refractivity contribution in [2.24, 2.45) is 5.73 Å². The standard InChI is InChI=1S/C8H19NO2Si2/c1-13(8-4-5-9)7-3-2-6-10-12-11-13/h2-9H2,1H3. The van der Waals surface area contributed by atoms with Gasteiger partial charge in [0.25, 0.3) is 0 Å². The number of hydrogen-bond donors (Lipinski definition) is 1. The van der Waals surface area contributed by atoms with Crippen molar-refractivity contribution in [1.29, 1.82) is 0 Å². The summed E-state index contributed by atoms with van der Waals surface area (Å²) in [6, 6.07) is 2.48. The average molecular weight is 217 g/mol. The van der Waals surface area contributed by atoms with E-state index >= 15 is 0 Å². The van der Waals surface area contributed by atoms with Gasteiger partial charge in [0.15, 0.2) is 8.32 Å². The zero-order valence-corrected chi connectivity index (χ0v) is 10.3. The third-order valence-corrected chi connectivity index (χ3v) is 7.91. The van der Waals surface area contributed by atoms with E-state index in [0.29, 0.717) is 0 Å². The van der Waals surface area contributed by atoms with Crippen LogP contribution in [0, 0.1) is 0 Å². The molecule has 1 heterocycles. The minimum atomic E-state index is -1.43. The third kappa shape index (κ3) is 4.37. The predicted molar refractivity (Wildman–Crippen MR) is 56.9 cm³/mol. The molecule has 2 radical (unpaired) electrons. The molecular weight excluding hydrogens is 198 g/mol. The van der Waals surface area contributed by atoms with Gasteiger partial charge in [0.1, 0.15) is 0 Å². The van der Waals surface area contributed by atoms with Gasteiger partial charge in [-0.2, -0.15) is 0 Å². The Balaban J connectivity index is 2.32. The highest BCUT2D eigenvalue weighted by atomic mass is 28.4. The van der Waals surface area contributed by atoms with Crippen LogP contribution in [0.15, 0.2) is 0 Å². The first-order chi connectivity index (χ1) is 6.27. The highest BCUT2D eigenvalue weighted by molar-refractivity contribution is 6.75. The van der Waals surface area contributed by atoms with E-state index in [1.807, 2.05) is 0 Å². The van der Waals surface area contributed by atoms with Gasteiger partial charge in [0.2, 0.25) is 0 Å². The molecule has 0 aromatic rings. The van der Waals surface area contributed by atoms with Gasteiger partial charge in [-0.3, -0.25) is 0 Å². The summed E-state index contributed by atoms with van der Waals surface area (Å²) in [7, 11) is -1.16. The molecule has 1 fully saturated rings. The summed E-state index contributed by atoms with van der Waals surface area (Å²) < 4.78 is 11.2. The van der Waals surface area contributed by atoms with Crippen molar-refractivity contribution in [2.75, 3.05) is 13.2 Å². The van der Waals surface area contributed by atoms with Gasteiger partial charge in [-0.1, -0.05) is 6.42 Å². The summed E-state index contributed by atoms with van der Waals surface area (Å²) in [5.41, 5.74) is 5.51. The minimum Gasteiger partial charge on any atom is -0.434 e. The predicted octanol–water partition coefficient (Wildman–Crippen LogP) is 1.27. The molecule has 76 valence electrons. The van der Waals surface area contributed by atoms with Crippen LogP contribution in [-0.2, 0) is 8.54 Å². The van der Waals surface area contributed by atoms with Crippen LogP contribution in [0.5, 0.6) is 0 Å². The molecule has 0 spiro atoms. The van der Waals surface area contributed by atoms with E-state index in [2.05, 4.69) is 6.55 Å². The lowest BCUT2D eigenvalue weighted by atomic mass is 10.4. The summed E-state index contributed by atoms with van der Waals surface area (Å²) in [5, 5.41) is 0. The molecule has 0 aromatic heterocycles. The number of hydrogen-bond acceptors (Lipinski definition) is 3. The fraction of sp³-hybridized carbons (Fsp3) is 1.00. The molecule has 1 unspecified atom stereocenters. The molecule has 0 bridgehead atoms. The topological polar surface area (TPSA) is 44.5 Å². The Bertz CT molecular complexity index is 133. The average Bonchev–Trinajstić information content (AvgIpc) is 2.09. The zero-order chi connectivity index (χ0) is 9.57. The fourth-order valence-corrected chi connectivity index (χ4v) is 5.83. The van der Waals surface area contributed by atoms with Crippen LogP contribution in [0.2, 0.25) is 18.6 Å². The Kier molecular flexibility index (Phi) is 5.19. The molecule has 0 aromatic carbocycles. The monoisotopic (exact) mass is 217 g/mol. The summed E-state index contributed by atoms with van der Waals surface area (Å²) in [6.45, 7) is 3.97. The lowest BCUT2D eigenvalue weighted by Crippen LogP contribution is -2.38. The lowest BCUT2D eigenvalue weighted by Gasteiger charge is -2.28. The molecule has 13 heavy (non-hydrogen) atoms. The first-order valence-electron chi connectivity index (χ1n) is 5.02. The van der Waals surface area contributed by atoms with Crippen molar-refractivity contribution in [2.45, 2.75) is 37.9 Å². The van der Waals surface area contributed by atoms with Crippen LogP contribution in [0.25, 0.3) is 0 Å². The minimum absolute atomic E-state index is 0.274. The largest absolute Gasteiger partial charge is 0.434 e. The van der Waals surface area contributed by atoms with E-state index in [9.17, 15) is 0 Å². The van der Waals surface area contributed by atoms with Crippen molar-refractivity contribution in [3.05, 3.63) is 0 Å². The van der Waals surface area contributed by atoms with Crippen molar-refractivity contribution in [3.8, 4) is 0 Å². The molecule has 0 saturated carbocycles. The molecule has 2 N–H and O–H groups in total. The molecule has 0 aliphatic carbocycles. The Labute approximate surface area is 84.2 Å². The normalized spacial score (nSPS) is 30.9. The van der Waals surface area contributed by atoms with E-state index in [-0.39, 0.29) is 10.0 Å². The van der Waals surface area contributed by atoms with Crippen LogP contribution in [0.4, 0.5) is 0 Å². The summed E-state index contributed by atoms with van der Waals surface area (Å²) in [5.74, 6) is 0. The quantitative estimate of drug-likeness (QED) is 0.724. The Morgan fingerprint density at radius 2 is 2.31 bits per heavy atom. The smallest absolute Gasteiger partial charge is 0.421 e. The molecule has 1 aliphatic heterocycles. The van der Waals surface area contributed by atoms with E-state index in [0.717, 1.165) is 19.6 Å². The van der Waals surface area contributed by atoms with Gasteiger partial charge in [-0.05, 0) is 38.0 Å². The first kappa shape index (κ1) is 11.4. The van der Waals surface area contributed by atoms with Gasteiger partial charge >= 0.3 is 10.0 Å². The van der Waals surface area contributed by atoms with Crippen molar-refractivity contribution in [3.63, 3.8) is 0 Å². The van der Waals surface area contributed by atoms with Gasteiger partial charge in [0, 0.05) is 6.61 Å². The van der Waals surface area contributed by atoms with Gasteiger partial charge < -0.3 is 14.3 Å². The fourth-order valence-electron chi connectivity index (χ4n) is 1.55. The zero-order valence-electron chi connectivity index (χ0n) is 8.34. The van der Waals surface area contributed by atoms with Crippen molar-refractivity contribution >= 4 is 18.3 Å². The second-order valence-corrected chi connectivity index (χ2v) is 9.00. The van der Waals surface area contributed by atoms with Gasteiger partial charge in [-0.25, -0.2) is 0 Å². The third-order valence-electron chi connectivity index (χ3n) is 2.46. The van der Waals surface area contributed by atoms with Crippen molar-refractivity contribution < 1.29 is 8.54 Å². The molecule has 0 amide bonds. The molecule has 5 heteroatoms. The van der Waals surface area contributed by atoms with Crippen LogP contribution in [0.1, 0.15) is 19.3 Å². The second kappa shape index (κ2) is 5.92. The highest BCUT2D eigenvalue weighted by Crippen LogP contribution is 2.22. The number of rotatable bonds is 3. The lowest BCUT2D eigenvalue weighted by molar-refractivity contribution is 0.269. The summed E-state index contributed by atoms with van der Waals surface area (Å²) in [4.78, 5) is 0. The Morgan fingerprint density at radius 3 is 3.08 bits per heavy atom. The van der Waals surface area contributed by atoms with E-state index < -0.39 is 8.32 Å². The van der Waals surface area contributed by atoms with Crippen LogP contribution in [0.3, 0.4) is 0 Å². The molecular formula is C8H19NO2Si2. The number of nitrogens with two attached hydrogens (primary N) is 1. The molecule has 1 atom stereocenters. The summed E-state index contributed by atoms with van der Waals surface area (Å²) in [6.07, 6.45) is 3.56. The van der Waals surface area contributed by atoms with Crippen molar-refractivity contribution in [1.82, 2.24) is 0 Å². The van der Waals surface area contributed by atoms with Gasteiger partial charge in [-0.15, -0.1) is 0 Å². The first-order valence-corrected chi connectivity index (χ1v) is 8.66. The van der Waals surface area contributed by atoms with Crippen LogP contribution >= 0.6 is 0 Å². The molecule has 1 aliphatic rings. The highest BCUT2D eigenvalue weighted by Gasteiger charge is 2.29. The van der Waals surface area contributed by atoms with Crippen LogP contribution in [-0.4, -0.2) is 31.5 Å². The summed E-state index contributed by atoms with van der Waals surface area (Å²) >= 11 is 0. The maximum Gasteiger partial charge on any atom is 0.421 e. The molecule has 1 saturated heterocycles. The molecule has 3 nitrogen and oxygen atoms in total. The molecule has 1 rings (SSSR count).